The van der Waals surface area contributed by atoms with E-state index in [0.717, 1.165) is 0 Å². The van der Waals surface area contributed by atoms with Crippen LogP contribution >= 0.6 is 0 Å². The van der Waals surface area contributed by atoms with Gasteiger partial charge in [0.2, 0.25) is 0 Å². The van der Waals surface area contributed by atoms with Crippen molar-refractivity contribution in [2.45, 2.75) is 26.3 Å². The fourth-order valence-corrected chi connectivity index (χ4v) is 1.27. The Kier molecular flexibility index (Phi) is 6.96. The van der Waals surface area contributed by atoms with Crippen molar-refractivity contribution in [1.82, 2.24) is 4.90 Å². The van der Waals surface area contributed by atoms with E-state index in [1.165, 1.54) is 4.90 Å². The minimum Gasteiger partial charge on any atom is -0.465 e. The second-order valence-corrected chi connectivity index (χ2v) is 2.90. The minimum absolute atomic E-state index is 0.0604. The molecule has 0 heterocycles. The topological polar surface area (TPSA) is 77.1 Å². The first-order valence-electron chi connectivity index (χ1n) is 4.85. The molecule has 0 spiro atoms. The Bertz CT molecular complexity index is 261. The molecule has 82 valence electrons. The SMILES string of the molecule is CCOC(=O)C(CC)N(CC#N)CC#N. The molecular formula is C10H15N3O2. The number of hydrogen-bond donors (Lipinski definition) is 0. The van der Waals surface area contributed by atoms with Gasteiger partial charge in [0, 0.05) is 0 Å². The summed E-state index contributed by atoms with van der Waals surface area (Å²) in [7, 11) is 0. The second kappa shape index (κ2) is 7.78. The summed E-state index contributed by atoms with van der Waals surface area (Å²) in [4.78, 5) is 13.0. The smallest absolute Gasteiger partial charge is 0.323 e. The summed E-state index contributed by atoms with van der Waals surface area (Å²) in [6, 6.07) is 3.37. The van der Waals surface area contributed by atoms with Crippen molar-refractivity contribution in [3.05, 3.63) is 0 Å². The second-order valence-electron chi connectivity index (χ2n) is 2.90. The van der Waals surface area contributed by atoms with Crippen molar-refractivity contribution in [2.24, 2.45) is 0 Å². The van der Waals surface area contributed by atoms with Gasteiger partial charge in [0.25, 0.3) is 0 Å². The fraction of sp³-hybridized carbons (Fsp3) is 0.700. The molecule has 1 unspecified atom stereocenters. The van der Waals surface area contributed by atoms with Crippen LogP contribution in [0.1, 0.15) is 20.3 Å². The molecule has 0 aromatic carbocycles. The van der Waals surface area contributed by atoms with Gasteiger partial charge in [-0.25, -0.2) is 0 Å². The number of rotatable bonds is 6. The van der Waals surface area contributed by atoms with Gasteiger partial charge in [-0.2, -0.15) is 10.5 Å². The van der Waals surface area contributed by atoms with Crippen LogP contribution in [0.2, 0.25) is 0 Å². The van der Waals surface area contributed by atoms with E-state index in [2.05, 4.69) is 0 Å². The van der Waals surface area contributed by atoms with Crippen molar-refractivity contribution in [3.8, 4) is 12.1 Å². The van der Waals surface area contributed by atoms with E-state index in [4.69, 9.17) is 15.3 Å². The summed E-state index contributed by atoms with van der Waals surface area (Å²) in [6.45, 7) is 3.98. The van der Waals surface area contributed by atoms with E-state index in [0.29, 0.717) is 13.0 Å². The van der Waals surface area contributed by atoms with Crippen LogP contribution in [-0.2, 0) is 9.53 Å². The Hall–Kier alpha value is -1.59. The predicted octanol–water partition coefficient (Wildman–Crippen LogP) is 0.677. The van der Waals surface area contributed by atoms with Gasteiger partial charge >= 0.3 is 5.97 Å². The molecule has 0 amide bonds. The Balaban J connectivity index is 4.52. The van der Waals surface area contributed by atoms with E-state index < -0.39 is 6.04 Å². The quantitative estimate of drug-likeness (QED) is 0.475. The maximum Gasteiger partial charge on any atom is 0.323 e. The Morgan fingerprint density at radius 1 is 1.33 bits per heavy atom. The summed E-state index contributed by atoms with van der Waals surface area (Å²) in [5, 5.41) is 17.1. The molecule has 15 heavy (non-hydrogen) atoms. The molecule has 0 fully saturated rings. The third-order valence-corrected chi connectivity index (χ3v) is 1.93. The molecule has 1 atom stereocenters. The zero-order chi connectivity index (χ0) is 11.7. The number of ether oxygens (including phenoxy) is 1. The average molecular weight is 209 g/mol. The highest BCUT2D eigenvalue weighted by Gasteiger charge is 2.24. The number of hydrogen-bond acceptors (Lipinski definition) is 5. The summed E-state index contributed by atoms with van der Waals surface area (Å²) in [6.07, 6.45) is 0.530. The van der Waals surface area contributed by atoms with Crippen LogP contribution in [0.5, 0.6) is 0 Å². The molecular weight excluding hydrogens is 194 g/mol. The predicted molar refractivity (Wildman–Crippen MR) is 53.5 cm³/mol. The van der Waals surface area contributed by atoms with Crippen molar-refractivity contribution in [1.29, 1.82) is 10.5 Å². The highest BCUT2D eigenvalue weighted by atomic mass is 16.5. The third-order valence-electron chi connectivity index (χ3n) is 1.93. The minimum atomic E-state index is -0.496. The van der Waals surface area contributed by atoms with Crippen molar-refractivity contribution >= 4 is 5.97 Å². The van der Waals surface area contributed by atoms with Crippen molar-refractivity contribution < 1.29 is 9.53 Å². The van der Waals surface area contributed by atoms with Gasteiger partial charge in [0.05, 0.1) is 31.8 Å². The first kappa shape index (κ1) is 13.4. The lowest BCUT2D eigenvalue weighted by Gasteiger charge is -2.24. The number of carbonyl (C=O) groups is 1. The zero-order valence-electron chi connectivity index (χ0n) is 9.06. The van der Waals surface area contributed by atoms with Crippen LogP contribution in [-0.4, -0.2) is 36.6 Å². The highest BCUT2D eigenvalue weighted by Crippen LogP contribution is 2.05. The van der Waals surface area contributed by atoms with E-state index >= 15 is 0 Å². The molecule has 0 rings (SSSR count). The molecule has 0 aliphatic heterocycles. The van der Waals surface area contributed by atoms with Gasteiger partial charge in [0.1, 0.15) is 6.04 Å². The van der Waals surface area contributed by atoms with Crippen molar-refractivity contribution in [2.75, 3.05) is 19.7 Å². The van der Waals surface area contributed by atoms with Gasteiger partial charge in [0.15, 0.2) is 0 Å². The van der Waals surface area contributed by atoms with Crippen LogP contribution < -0.4 is 0 Å². The molecule has 0 aliphatic rings. The summed E-state index contributed by atoms with van der Waals surface area (Å²) in [5.74, 6) is -0.370. The standard InChI is InChI=1S/C10H15N3O2/c1-3-9(10(14)15-4-2)13(7-5-11)8-6-12/h9H,3-4,7-8H2,1-2H3. The number of nitrogens with zero attached hydrogens (tertiary/aromatic N) is 3. The Morgan fingerprint density at radius 2 is 1.87 bits per heavy atom. The summed E-state index contributed by atoms with van der Waals surface area (Å²) >= 11 is 0. The maximum atomic E-state index is 11.5. The average Bonchev–Trinajstić information content (AvgIpc) is 2.20. The summed E-state index contributed by atoms with van der Waals surface area (Å²) < 4.78 is 4.87. The molecule has 5 nitrogen and oxygen atoms in total. The molecule has 0 saturated heterocycles. The first-order chi connectivity index (χ1) is 7.21. The molecule has 0 saturated carbocycles. The lowest BCUT2D eigenvalue weighted by Crippen LogP contribution is -2.42. The molecule has 5 heteroatoms. The largest absolute Gasteiger partial charge is 0.465 e. The zero-order valence-corrected chi connectivity index (χ0v) is 9.06. The van der Waals surface area contributed by atoms with Crippen LogP contribution in [0.4, 0.5) is 0 Å². The van der Waals surface area contributed by atoms with Gasteiger partial charge in [-0.05, 0) is 13.3 Å². The molecule has 0 aromatic heterocycles. The van der Waals surface area contributed by atoms with Gasteiger partial charge in [-0.3, -0.25) is 9.69 Å². The number of esters is 1. The highest BCUT2D eigenvalue weighted by molar-refractivity contribution is 5.75. The number of nitriles is 2. The van der Waals surface area contributed by atoms with Crippen LogP contribution in [0.25, 0.3) is 0 Å². The van der Waals surface area contributed by atoms with Crippen LogP contribution in [0, 0.1) is 22.7 Å². The first-order valence-corrected chi connectivity index (χ1v) is 4.85. The van der Waals surface area contributed by atoms with Crippen LogP contribution in [0.15, 0.2) is 0 Å². The lowest BCUT2D eigenvalue weighted by molar-refractivity contribution is -0.149. The molecule has 0 N–H and O–H groups in total. The van der Waals surface area contributed by atoms with Gasteiger partial charge in [-0.1, -0.05) is 6.92 Å². The van der Waals surface area contributed by atoms with Crippen molar-refractivity contribution in [3.63, 3.8) is 0 Å². The molecule has 0 bridgehead atoms. The van der Waals surface area contributed by atoms with E-state index in [1.807, 2.05) is 19.1 Å². The Labute approximate surface area is 89.8 Å². The third kappa shape index (κ3) is 4.44. The van der Waals surface area contributed by atoms with Gasteiger partial charge in [-0.15, -0.1) is 0 Å². The van der Waals surface area contributed by atoms with E-state index in [9.17, 15) is 4.79 Å². The fourth-order valence-electron chi connectivity index (χ4n) is 1.27. The van der Waals surface area contributed by atoms with Gasteiger partial charge < -0.3 is 4.74 Å². The summed E-state index contributed by atoms with van der Waals surface area (Å²) in [5.41, 5.74) is 0. The molecule has 0 aliphatic carbocycles. The van der Waals surface area contributed by atoms with E-state index in [1.54, 1.807) is 6.92 Å². The van der Waals surface area contributed by atoms with Crippen LogP contribution in [0.3, 0.4) is 0 Å². The maximum absolute atomic E-state index is 11.5. The lowest BCUT2D eigenvalue weighted by atomic mass is 10.2. The Morgan fingerprint density at radius 3 is 2.20 bits per heavy atom. The molecule has 0 aromatic rings. The normalized spacial score (nSPS) is 11.5. The monoisotopic (exact) mass is 209 g/mol. The number of carbonyl (C=O) groups excluding carboxylic acids is 1. The molecule has 0 radical (unpaired) electrons. The van der Waals surface area contributed by atoms with E-state index in [-0.39, 0.29) is 19.1 Å².